The molecule has 0 spiro atoms. The Morgan fingerprint density at radius 1 is 1.25 bits per heavy atom. The van der Waals surface area contributed by atoms with Gasteiger partial charge in [0.15, 0.2) is 0 Å². The molecule has 0 saturated heterocycles. The number of amides is 1. The van der Waals surface area contributed by atoms with Crippen molar-refractivity contribution in [3.05, 3.63) is 53.6 Å². The van der Waals surface area contributed by atoms with Gasteiger partial charge in [-0.15, -0.1) is 0 Å². The van der Waals surface area contributed by atoms with E-state index in [1.807, 2.05) is 38.1 Å². The van der Waals surface area contributed by atoms with Gasteiger partial charge in [-0.1, -0.05) is 18.2 Å². The number of aryl methyl sites for hydroxylation is 1. The number of anilines is 1. The first-order valence-electron chi connectivity index (χ1n) is 9.29. The normalized spacial score (nSPS) is 16.3. The highest BCUT2D eigenvalue weighted by atomic mass is 32.2. The molecule has 0 aromatic heterocycles. The Morgan fingerprint density at radius 2 is 1.96 bits per heavy atom. The Hall–Kier alpha value is -2.38. The minimum atomic E-state index is -3.63. The van der Waals surface area contributed by atoms with E-state index in [0.29, 0.717) is 6.42 Å². The van der Waals surface area contributed by atoms with Gasteiger partial charge < -0.3 is 9.64 Å². The van der Waals surface area contributed by atoms with Gasteiger partial charge in [-0.25, -0.2) is 8.42 Å². The van der Waals surface area contributed by atoms with Crippen LogP contribution in [0.2, 0.25) is 0 Å². The number of sulfonamides is 1. The number of rotatable bonds is 6. The fourth-order valence-electron chi connectivity index (χ4n) is 3.55. The van der Waals surface area contributed by atoms with Gasteiger partial charge in [-0.2, -0.15) is 4.31 Å². The largest absolute Gasteiger partial charge is 0.492 e. The van der Waals surface area contributed by atoms with Gasteiger partial charge in [-0.3, -0.25) is 4.79 Å². The van der Waals surface area contributed by atoms with Crippen LogP contribution < -0.4 is 9.64 Å². The standard InChI is InChI=1S/C21H26N2O4S/c1-15-7-5-6-8-21(15)27-12-11-22(4)28(25,26)19-9-10-20-18(14-19)13-16(2)23(20)17(3)24/h5-10,14,16H,11-13H2,1-4H3/t16-/m0/s1. The van der Waals surface area contributed by atoms with Crippen molar-refractivity contribution in [2.24, 2.45) is 0 Å². The Kier molecular flexibility index (Phi) is 5.76. The van der Waals surface area contributed by atoms with Crippen molar-refractivity contribution in [3.63, 3.8) is 0 Å². The molecular formula is C21H26N2O4S. The monoisotopic (exact) mass is 402 g/mol. The molecule has 1 amide bonds. The molecule has 1 heterocycles. The molecule has 0 saturated carbocycles. The molecule has 3 rings (SSSR count). The van der Waals surface area contributed by atoms with Gasteiger partial charge in [0.1, 0.15) is 12.4 Å². The maximum atomic E-state index is 12.9. The van der Waals surface area contributed by atoms with E-state index in [9.17, 15) is 13.2 Å². The van der Waals surface area contributed by atoms with Crippen LogP contribution in [0.5, 0.6) is 5.75 Å². The number of fused-ring (bicyclic) bond motifs is 1. The average Bonchev–Trinajstić information content (AvgIpc) is 2.98. The van der Waals surface area contributed by atoms with Gasteiger partial charge in [0.05, 0.1) is 4.90 Å². The predicted octanol–water partition coefficient (Wildman–Crippen LogP) is 2.99. The number of ether oxygens (including phenoxy) is 1. The summed E-state index contributed by atoms with van der Waals surface area (Å²) >= 11 is 0. The van der Waals surface area contributed by atoms with Crippen LogP contribution in [-0.2, 0) is 21.2 Å². The number of carbonyl (C=O) groups is 1. The average molecular weight is 403 g/mol. The zero-order valence-electron chi connectivity index (χ0n) is 16.7. The third kappa shape index (κ3) is 3.91. The Balaban J connectivity index is 1.71. The maximum Gasteiger partial charge on any atom is 0.242 e. The molecule has 0 N–H and O–H groups in total. The predicted molar refractivity (Wildman–Crippen MR) is 109 cm³/mol. The second kappa shape index (κ2) is 7.93. The van der Waals surface area contributed by atoms with Crippen molar-refractivity contribution in [1.82, 2.24) is 4.31 Å². The zero-order valence-corrected chi connectivity index (χ0v) is 17.5. The Morgan fingerprint density at radius 3 is 2.64 bits per heavy atom. The molecule has 7 heteroatoms. The number of hydrogen-bond acceptors (Lipinski definition) is 4. The summed E-state index contributed by atoms with van der Waals surface area (Å²) < 4.78 is 32.9. The second-order valence-electron chi connectivity index (χ2n) is 7.17. The van der Waals surface area contributed by atoms with Crippen molar-refractivity contribution in [2.75, 3.05) is 25.1 Å². The summed E-state index contributed by atoms with van der Waals surface area (Å²) in [6, 6.07) is 12.6. The van der Waals surface area contributed by atoms with E-state index in [-0.39, 0.29) is 30.0 Å². The molecule has 1 aliphatic heterocycles. The van der Waals surface area contributed by atoms with Gasteiger partial charge >= 0.3 is 0 Å². The fourth-order valence-corrected chi connectivity index (χ4v) is 4.76. The number of hydrogen-bond donors (Lipinski definition) is 0. The lowest BCUT2D eigenvalue weighted by atomic mass is 10.1. The number of likely N-dealkylation sites (N-methyl/N-ethyl adjacent to an activating group) is 1. The lowest BCUT2D eigenvalue weighted by Crippen LogP contribution is -2.33. The van der Waals surface area contributed by atoms with Crippen LogP contribution in [0.25, 0.3) is 0 Å². The van der Waals surface area contributed by atoms with Crippen LogP contribution in [0.3, 0.4) is 0 Å². The lowest BCUT2D eigenvalue weighted by molar-refractivity contribution is -0.116. The molecule has 0 bridgehead atoms. The third-order valence-electron chi connectivity index (χ3n) is 5.07. The lowest BCUT2D eigenvalue weighted by Gasteiger charge is -2.21. The molecule has 1 aliphatic rings. The molecule has 150 valence electrons. The van der Waals surface area contributed by atoms with Crippen LogP contribution in [-0.4, -0.2) is 44.9 Å². The summed E-state index contributed by atoms with van der Waals surface area (Å²) in [5.41, 5.74) is 2.69. The van der Waals surface area contributed by atoms with Crippen LogP contribution in [0, 0.1) is 6.92 Å². The first-order chi connectivity index (χ1) is 13.2. The van der Waals surface area contributed by atoms with Crippen molar-refractivity contribution in [1.29, 1.82) is 0 Å². The first kappa shape index (κ1) is 20.4. The van der Waals surface area contributed by atoms with Gasteiger partial charge in [0.25, 0.3) is 0 Å². The maximum absolute atomic E-state index is 12.9. The van der Waals surface area contributed by atoms with E-state index < -0.39 is 10.0 Å². The summed E-state index contributed by atoms with van der Waals surface area (Å²) in [5.74, 6) is 0.719. The SMILES string of the molecule is CC(=O)N1c2ccc(S(=O)(=O)N(C)CCOc3ccccc3C)cc2C[C@@H]1C. The molecule has 1 atom stereocenters. The van der Waals surface area contributed by atoms with Crippen molar-refractivity contribution in [3.8, 4) is 5.75 Å². The van der Waals surface area contributed by atoms with Gasteiger partial charge in [0.2, 0.25) is 15.9 Å². The third-order valence-corrected chi connectivity index (χ3v) is 6.92. The molecule has 0 unspecified atom stereocenters. The Bertz CT molecular complexity index is 988. The summed E-state index contributed by atoms with van der Waals surface area (Å²) in [6.45, 7) is 5.94. The smallest absolute Gasteiger partial charge is 0.242 e. The number of benzene rings is 2. The van der Waals surface area contributed by atoms with Crippen molar-refractivity contribution >= 4 is 21.6 Å². The summed E-state index contributed by atoms with van der Waals surface area (Å²) in [6.07, 6.45) is 0.651. The summed E-state index contributed by atoms with van der Waals surface area (Å²) in [7, 11) is -2.08. The highest BCUT2D eigenvalue weighted by Gasteiger charge is 2.31. The minimum Gasteiger partial charge on any atom is -0.492 e. The van der Waals surface area contributed by atoms with Crippen LogP contribution >= 0.6 is 0 Å². The molecule has 0 radical (unpaired) electrons. The van der Waals surface area contributed by atoms with Gasteiger partial charge in [-0.05, 0) is 55.7 Å². The van der Waals surface area contributed by atoms with Gasteiger partial charge in [0, 0.05) is 32.2 Å². The second-order valence-corrected chi connectivity index (χ2v) is 9.22. The molecule has 2 aromatic carbocycles. The topological polar surface area (TPSA) is 66.9 Å². The van der Waals surface area contributed by atoms with Crippen LogP contribution in [0.15, 0.2) is 47.4 Å². The van der Waals surface area contributed by atoms with Crippen molar-refractivity contribution in [2.45, 2.75) is 38.1 Å². The molecule has 0 aliphatic carbocycles. The van der Waals surface area contributed by atoms with E-state index in [4.69, 9.17) is 4.74 Å². The van der Waals surface area contributed by atoms with E-state index in [2.05, 4.69) is 0 Å². The highest BCUT2D eigenvalue weighted by molar-refractivity contribution is 7.89. The Labute approximate surface area is 166 Å². The molecule has 0 fully saturated rings. The van der Waals surface area contributed by atoms with E-state index in [0.717, 1.165) is 22.6 Å². The fraction of sp³-hybridized carbons (Fsp3) is 0.381. The van der Waals surface area contributed by atoms with Crippen molar-refractivity contribution < 1.29 is 17.9 Å². The van der Waals surface area contributed by atoms with E-state index in [1.165, 1.54) is 11.2 Å². The molecule has 28 heavy (non-hydrogen) atoms. The zero-order chi connectivity index (χ0) is 20.5. The molecule has 6 nitrogen and oxygen atoms in total. The number of nitrogens with zero attached hydrogens (tertiary/aromatic N) is 2. The van der Waals surface area contributed by atoms with Crippen LogP contribution in [0.1, 0.15) is 25.0 Å². The van der Waals surface area contributed by atoms with E-state index >= 15 is 0 Å². The number of carbonyl (C=O) groups excluding carboxylic acids is 1. The summed E-state index contributed by atoms with van der Waals surface area (Å²) in [5, 5.41) is 0. The minimum absolute atomic E-state index is 0.0331. The number of para-hydroxylation sites is 1. The molecular weight excluding hydrogens is 376 g/mol. The van der Waals surface area contributed by atoms with E-state index in [1.54, 1.807) is 30.1 Å². The molecule has 2 aromatic rings. The highest BCUT2D eigenvalue weighted by Crippen LogP contribution is 2.34. The quantitative estimate of drug-likeness (QED) is 0.745. The first-order valence-corrected chi connectivity index (χ1v) is 10.7. The van der Waals surface area contributed by atoms with Crippen LogP contribution in [0.4, 0.5) is 5.69 Å². The summed E-state index contributed by atoms with van der Waals surface area (Å²) in [4.78, 5) is 13.8.